The Balaban J connectivity index is 2.50. The quantitative estimate of drug-likeness (QED) is 0.474. The molecule has 0 aromatic heterocycles. The lowest BCUT2D eigenvalue weighted by molar-refractivity contribution is 0.601. The van der Waals surface area contributed by atoms with Gasteiger partial charge in [-0.3, -0.25) is 0 Å². The molecule has 2 nitrogen and oxygen atoms in total. The molecule has 2 aromatic rings. The minimum atomic E-state index is -3.31. The van der Waals surface area contributed by atoms with E-state index in [-0.39, 0.29) is 4.90 Å². The van der Waals surface area contributed by atoms with Gasteiger partial charge < -0.3 is 0 Å². The zero-order chi connectivity index (χ0) is 15.8. The van der Waals surface area contributed by atoms with Gasteiger partial charge in [0.15, 0.2) is 9.84 Å². The molecule has 0 aliphatic heterocycles. The molecule has 7 heteroatoms. The Morgan fingerprint density at radius 1 is 1.24 bits per heavy atom. The normalized spacial score (nSPS) is 13.2. The van der Waals surface area contributed by atoms with Crippen LogP contribution in [-0.2, 0) is 9.84 Å². The fraction of sp³-hybridized carbons (Fsp3) is 0.143. The maximum Gasteiger partial charge on any atom is 0.175 e. The van der Waals surface area contributed by atoms with Crippen molar-refractivity contribution in [3.63, 3.8) is 0 Å². The van der Waals surface area contributed by atoms with Crippen LogP contribution < -0.4 is 0 Å². The molecule has 21 heavy (non-hydrogen) atoms. The largest absolute Gasteiger partial charge is 0.224 e. The molecule has 2 rings (SSSR count). The van der Waals surface area contributed by atoms with Crippen molar-refractivity contribution < 1.29 is 12.8 Å². The molecule has 2 aromatic carbocycles. The van der Waals surface area contributed by atoms with Crippen LogP contribution in [0, 0.1) is 5.82 Å². The zero-order valence-corrected chi connectivity index (χ0v) is 15.5. The topological polar surface area (TPSA) is 34.1 Å². The Kier molecular flexibility index (Phi) is 5.13. The van der Waals surface area contributed by atoms with E-state index < -0.39 is 20.5 Å². The van der Waals surface area contributed by atoms with Gasteiger partial charge in [-0.25, -0.2) is 12.8 Å². The highest BCUT2D eigenvalue weighted by Crippen LogP contribution is 2.37. The number of sulfone groups is 1. The first kappa shape index (κ1) is 16.9. The Morgan fingerprint density at radius 3 is 2.52 bits per heavy atom. The summed E-state index contributed by atoms with van der Waals surface area (Å²) in [4.78, 5) is -0.308. The van der Waals surface area contributed by atoms with Gasteiger partial charge >= 0.3 is 0 Å². The first-order valence-electron chi connectivity index (χ1n) is 5.78. The van der Waals surface area contributed by atoms with Crippen LogP contribution in [0.5, 0.6) is 0 Å². The van der Waals surface area contributed by atoms with Gasteiger partial charge in [0, 0.05) is 16.3 Å². The predicted molar refractivity (Wildman–Crippen MR) is 89.4 cm³/mol. The third-order valence-corrected chi connectivity index (χ3v) is 6.22. The van der Waals surface area contributed by atoms with E-state index in [1.807, 2.05) is 0 Å². The van der Waals surface area contributed by atoms with Crippen LogP contribution in [0.2, 0.25) is 5.02 Å². The van der Waals surface area contributed by atoms with Crippen molar-refractivity contribution in [2.45, 2.75) is 9.72 Å². The number of hydrogen-bond acceptors (Lipinski definition) is 2. The number of alkyl halides is 1. The minimum absolute atomic E-state index is 0.188. The molecule has 0 radical (unpaired) electrons. The van der Waals surface area contributed by atoms with Crippen LogP contribution in [0.4, 0.5) is 4.39 Å². The highest BCUT2D eigenvalue weighted by atomic mass is 79.9. The predicted octanol–water partition coefficient (Wildman–Crippen LogP) is 5.13. The molecule has 0 aliphatic rings. The van der Waals surface area contributed by atoms with Crippen LogP contribution >= 0.6 is 43.5 Å². The Labute approximate surface area is 144 Å². The van der Waals surface area contributed by atoms with Crippen molar-refractivity contribution in [2.24, 2.45) is 0 Å². The zero-order valence-electron chi connectivity index (χ0n) is 10.8. The van der Waals surface area contributed by atoms with Gasteiger partial charge in [0.1, 0.15) is 5.82 Å². The summed E-state index contributed by atoms with van der Waals surface area (Å²) in [6.45, 7) is 0. The molecule has 0 aliphatic carbocycles. The fourth-order valence-electron chi connectivity index (χ4n) is 1.81. The van der Waals surface area contributed by atoms with E-state index in [2.05, 4.69) is 31.9 Å². The van der Waals surface area contributed by atoms with Crippen LogP contribution in [0.25, 0.3) is 0 Å². The third kappa shape index (κ3) is 3.86. The van der Waals surface area contributed by atoms with E-state index in [0.717, 1.165) is 6.26 Å². The summed E-state index contributed by atoms with van der Waals surface area (Å²) in [6, 6.07) is 9.16. The Hall–Kier alpha value is -0.430. The molecule has 0 saturated carbocycles. The van der Waals surface area contributed by atoms with Crippen molar-refractivity contribution >= 4 is 53.3 Å². The molecular formula is C14H10Br2ClFO2S. The average Bonchev–Trinajstić information content (AvgIpc) is 2.41. The van der Waals surface area contributed by atoms with Gasteiger partial charge in [-0.1, -0.05) is 39.7 Å². The van der Waals surface area contributed by atoms with E-state index in [4.69, 9.17) is 11.6 Å². The number of rotatable bonds is 3. The van der Waals surface area contributed by atoms with Crippen LogP contribution in [0.3, 0.4) is 0 Å². The monoisotopic (exact) mass is 454 g/mol. The second kappa shape index (κ2) is 6.36. The lowest BCUT2D eigenvalue weighted by atomic mass is 10.0. The fourth-order valence-corrected chi connectivity index (χ4v) is 3.61. The van der Waals surface area contributed by atoms with Crippen molar-refractivity contribution in [1.29, 1.82) is 0 Å². The highest BCUT2D eigenvalue weighted by Gasteiger charge is 2.18. The van der Waals surface area contributed by atoms with E-state index >= 15 is 0 Å². The van der Waals surface area contributed by atoms with Gasteiger partial charge in [0.05, 0.1) is 14.7 Å². The van der Waals surface area contributed by atoms with E-state index in [1.54, 1.807) is 12.1 Å². The average molecular weight is 457 g/mol. The first-order valence-corrected chi connectivity index (χ1v) is 9.76. The van der Waals surface area contributed by atoms with Crippen LogP contribution in [0.1, 0.15) is 16.0 Å². The summed E-state index contributed by atoms with van der Waals surface area (Å²) in [5.74, 6) is -0.432. The lowest BCUT2D eigenvalue weighted by Crippen LogP contribution is -2.01. The minimum Gasteiger partial charge on any atom is -0.224 e. The maximum atomic E-state index is 14.1. The second-order valence-corrected chi connectivity index (χ2v) is 8.69. The number of hydrogen-bond donors (Lipinski definition) is 0. The lowest BCUT2D eigenvalue weighted by Gasteiger charge is -2.14. The maximum absolute atomic E-state index is 14.1. The van der Waals surface area contributed by atoms with Gasteiger partial charge in [0.2, 0.25) is 0 Å². The molecule has 0 bridgehead atoms. The molecule has 1 unspecified atom stereocenters. The summed E-state index contributed by atoms with van der Waals surface area (Å²) in [7, 11) is -3.31. The molecular weight excluding hydrogens is 446 g/mol. The SMILES string of the molecule is CS(=O)(=O)c1cccc(C(Br)c2cc(Cl)c(Br)cc2F)c1. The Bertz CT molecular complexity index is 794. The first-order chi connectivity index (χ1) is 9.70. The molecule has 112 valence electrons. The van der Waals surface area contributed by atoms with Gasteiger partial charge in [-0.15, -0.1) is 0 Å². The molecule has 0 saturated heterocycles. The number of halogens is 4. The van der Waals surface area contributed by atoms with Crippen molar-refractivity contribution in [3.8, 4) is 0 Å². The summed E-state index contributed by atoms with van der Waals surface area (Å²) < 4.78 is 37.7. The summed E-state index contributed by atoms with van der Waals surface area (Å²) in [6.07, 6.45) is 1.13. The molecule has 1 atom stereocenters. The highest BCUT2D eigenvalue weighted by molar-refractivity contribution is 9.10. The molecule has 0 heterocycles. The van der Waals surface area contributed by atoms with Gasteiger partial charge in [-0.2, -0.15) is 0 Å². The smallest absolute Gasteiger partial charge is 0.175 e. The summed E-state index contributed by atoms with van der Waals surface area (Å²) >= 11 is 12.5. The Morgan fingerprint density at radius 2 is 1.90 bits per heavy atom. The van der Waals surface area contributed by atoms with Crippen molar-refractivity contribution in [3.05, 3.63) is 62.8 Å². The standard InChI is InChI=1S/C14H10Br2ClFO2S/c1-21(19,20)9-4-2-3-8(5-9)14(16)10-6-12(17)11(15)7-13(10)18/h2-7,14H,1H3. The van der Waals surface area contributed by atoms with Crippen molar-refractivity contribution in [2.75, 3.05) is 6.26 Å². The second-order valence-electron chi connectivity index (χ2n) is 4.50. The van der Waals surface area contributed by atoms with E-state index in [9.17, 15) is 12.8 Å². The van der Waals surface area contributed by atoms with Crippen LogP contribution in [0.15, 0.2) is 45.8 Å². The molecule has 0 N–H and O–H groups in total. The van der Waals surface area contributed by atoms with Crippen LogP contribution in [-0.4, -0.2) is 14.7 Å². The summed E-state index contributed by atoms with van der Waals surface area (Å²) in [5.41, 5.74) is 0.976. The third-order valence-electron chi connectivity index (χ3n) is 2.89. The van der Waals surface area contributed by atoms with E-state index in [0.29, 0.717) is 20.6 Å². The van der Waals surface area contributed by atoms with Gasteiger partial charge in [-0.05, 0) is 45.8 Å². The van der Waals surface area contributed by atoms with E-state index in [1.165, 1.54) is 24.3 Å². The molecule has 0 amide bonds. The molecule has 0 spiro atoms. The molecule has 0 fully saturated rings. The van der Waals surface area contributed by atoms with Crippen molar-refractivity contribution in [1.82, 2.24) is 0 Å². The number of benzene rings is 2. The van der Waals surface area contributed by atoms with Gasteiger partial charge in [0.25, 0.3) is 0 Å². The summed E-state index contributed by atoms with van der Waals surface area (Å²) in [5, 5.41) is 0.384.